The van der Waals surface area contributed by atoms with Crippen LogP contribution in [0.2, 0.25) is 0 Å². The summed E-state index contributed by atoms with van der Waals surface area (Å²) < 4.78 is 0. The Morgan fingerprint density at radius 1 is 0.783 bits per heavy atom. The third kappa shape index (κ3) is 11.7. The van der Waals surface area contributed by atoms with E-state index in [1.807, 2.05) is 12.2 Å². The molecule has 1 heterocycles. The Hall–Kier alpha value is -0.430. The van der Waals surface area contributed by atoms with E-state index in [1.165, 1.54) is 89.9 Å². The molecule has 0 aromatic rings. The van der Waals surface area contributed by atoms with Gasteiger partial charge in [0.15, 0.2) is 0 Å². The smallest absolute Gasteiger partial charge is 0.105 e. The molecule has 0 N–H and O–H groups in total. The van der Waals surface area contributed by atoms with Gasteiger partial charge in [0.05, 0.1) is 0 Å². The van der Waals surface area contributed by atoms with Gasteiger partial charge in [-0.15, -0.1) is 0 Å². The molecule has 134 valence electrons. The minimum absolute atomic E-state index is 0.905. The molecule has 0 aromatic carbocycles. The van der Waals surface area contributed by atoms with Crippen LogP contribution in [0.3, 0.4) is 0 Å². The minimum Gasteiger partial charge on any atom is -0.359 e. The lowest BCUT2D eigenvalue weighted by Gasteiger charge is -2.24. The van der Waals surface area contributed by atoms with Gasteiger partial charge in [-0.2, -0.15) is 0 Å². The molecule has 1 aliphatic rings. The molecular formula is C21H38ClN. The lowest BCUT2D eigenvalue weighted by Crippen LogP contribution is -2.23. The predicted molar refractivity (Wildman–Crippen MR) is 105 cm³/mol. The minimum atomic E-state index is 0.905. The molecule has 0 spiro atoms. The van der Waals surface area contributed by atoms with Crippen LogP contribution in [0.4, 0.5) is 0 Å². The maximum Gasteiger partial charge on any atom is 0.105 e. The van der Waals surface area contributed by atoms with Gasteiger partial charge in [-0.3, -0.25) is 0 Å². The second kappa shape index (κ2) is 15.1. The van der Waals surface area contributed by atoms with Crippen molar-refractivity contribution in [1.82, 2.24) is 4.90 Å². The van der Waals surface area contributed by atoms with Crippen molar-refractivity contribution >= 4 is 11.6 Å². The lowest BCUT2D eigenvalue weighted by atomic mass is 10.0. The Morgan fingerprint density at radius 3 is 1.74 bits per heavy atom. The molecular weight excluding hydrogens is 302 g/mol. The van der Waals surface area contributed by atoms with Crippen LogP contribution >= 0.6 is 11.6 Å². The molecule has 0 amide bonds. The second-order valence-electron chi connectivity index (χ2n) is 6.96. The summed E-state index contributed by atoms with van der Waals surface area (Å²) in [5.41, 5.74) is 0. The number of hydrogen-bond acceptors (Lipinski definition) is 1. The average Bonchev–Trinajstić information content (AvgIpc) is 2.57. The summed E-state index contributed by atoms with van der Waals surface area (Å²) >= 11 is 6.18. The second-order valence-corrected chi connectivity index (χ2v) is 7.35. The molecule has 0 radical (unpaired) electrons. The number of hydrogen-bond donors (Lipinski definition) is 0. The standard InChI is InChI=1S/C21H38ClN/c1-2-3-4-5-6-7-8-9-10-11-12-13-14-16-19-23-20-17-15-18-21(23)22/h15,17-18H,2-14,16,19-20H2,1H3. The van der Waals surface area contributed by atoms with E-state index in [1.54, 1.807) is 0 Å². The van der Waals surface area contributed by atoms with Gasteiger partial charge in [0.25, 0.3) is 0 Å². The van der Waals surface area contributed by atoms with Crippen LogP contribution in [0.1, 0.15) is 96.8 Å². The quantitative estimate of drug-likeness (QED) is 0.221. The Balaban J connectivity index is 1.75. The van der Waals surface area contributed by atoms with E-state index in [2.05, 4.69) is 17.9 Å². The Bertz CT molecular complexity index is 322. The molecule has 0 aromatic heterocycles. The van der Waals surface area contributed by atoms with Crippen molar-refractivity contribution < 1.29 is 0 Å². The van der Waals surface area contributed by atoms with E-state index >= 15 is 0 Å². The molecule has 23 heavy (non-hydrogen) atoms. The molecule has 0 fully saturated rings. The van der Waals surface area contributed by atoms with Gasteiger partial charge in [-0.25, -0.2) is 0 Å². The first-order valence-electron chi connectivity index (χ1n) is 10.1. The Morgan fingerprint density at radius 2 is 1.26 bits per heavy atom. The maximum absolute atomic E-state index is 6.18. The van der Waals surface area contributed by atoms with Gasteiger partial charge in [-0.1, -0.05) is 114 Å². The molecule has 0 aliphatic carbocycles. The van der Waals surface area contributed by atoms with Gasteiger partial charge in [0, 0.05) is 13.1 Å². The summed E-state index contributed by atoms with van der Waals surface area (Å²) in [5.74, 6) is 0. The number of nitrogens with zero attached hydrogens (tertiary/aromatic N) is 1. The van der Waals surface area contributed by atoms with E-state index in [4.69, 9.17) is 11.6 Å². The molecule has 1 nitrogen and oxygen atoms in total. The normalized spacial score (nSPS) is 14.3. The number of unbranched alkanes of at least 4 members (excludes halogenated alkanes) is 13. The van der Waals surface area contributed by atoms with Crippen molar-refractivity contribution in [1.29, 1.82) is 0 Å². The summed E-state index contributed by atoms with van der Waals surface area (Å²) in [6.07, 6.45) is 26.1. The van der Waals surface area contributed by atoms with E-state index in [-0.39, 0.29) is 0 Å². The molecule has 1 aliphatic heterocycles. The summed E-state index contributed by atoms with van der Waals surface area (Å²) in [5, 5.41) is 0.905. The summed E-state index contributed by atoms with van der Waals surface area (Å²) in [6, 6.07) is 0. The zero-order valence-corrected chi connectivity index (χ0v) is 16.1. The van der Waals surface area contributed by atoms with Crippen LogP contribution in [0.25, 0.3) is 0 Å². The zero-order chi connectivity index (χ0) is 16.6. The third-order valence-electron chi connectivity index (χ3n) is 4.78. The SMILES string of the molecule is CCCCCCCCCCCCCCCCN1CC=CC=C1Cl. The monoisotopic (exact) mass is 339 g/mol. The van der Waals surface area contributed by atoms with Crippen LogP contribution in [-0.2, 0) is 0 Å². The van der Waals surface area contributed by atoms with Crippen molar-refractivity contribution in [2.75, 3.05) is 13.1 Å². The number of allylic oxidation sites excluding steroid dienone is 2. The molecule has 2 heteroatoms. The predicted octanol–water partition coefficient (Wildman–Crippen LogP) is 7.42. The topological polar surface area (TPSA) is 3.24 Å². The van der Waals surface area contributed by atoms with E-state index in [9.17, 15) is 0 Å². The highest BCUT2D eigenvalue weighted by Crippen LogP contribution is 2.16. The van der Waals surface area contributed by atoms with Gasteiger partial charge in [0.1, 0.15) is 5.16 Å². The first kappa shape index (κ1) is 20.6. The first-order valence-corrected chi connectivity index (χ1v) is 10.5. The average molecular weight is 340 g/mol. The van der Waals surface area contributed by atoms with Gasteiger partial charge in [-0.05, 0) is 12.5 Å². The fraction of sp³-hybridized carbons (Fsp3) is 0.810. The lowest BCUT2D eigenvalue weighted by molar-refractivity contribution is 0.381. The van der Waals surface area contributed by atoms with Crippen LogP contribution in [0.5, 0.6) is 0 Å². The van der Waals surface area contributed by atoms with E-state index in [0.717, 1.165) is 18.2 Å². The zero-order valence-electron chi connectivity index (χ0n) is 15.4. The van der Waals surface area contributed by atoms with Gasteiger partial charge < -0.3 is 4.90 Å². The number of rotatable bonds is 15. The highest BCUT2D eigenvalue weighted by molar-refractivity contribution is 6.29. The highest BCUT2D eigenvalue weighted by Gasteiger charge is 2.06. The van der Waals surface area contributed by atoms with Crippen LogP contribution < -0.4 is 0 Å². The van der Waals surface area contributed by atoms with Gasteiger partial charge >= 0.3 is 0 Å². The molecule has 0 saturated carbocycles. The van der Waals surface area contributed by atoms with Crippen LogP contribution in [-0.4, -0.2) is 18.0 Å². The van der Waals surface area contributed by atoms with Crippen molar-refractivity contribution in [2.45, 2.75) is 96.8 Å². The van der Waals surface area contributed by atoms with Gasteiger partial charge in [0.2, 0.25) is 0 Å². The Kier molecular flexibility index (Phi) is 13.6. The summed E-state index contributed by atoms with van der Waals surface area (Å²) in [4.78, 5) is 2.27. The van der Waals surface area contributed by atoms with Crippen molar-refractivity contribution in [3.8, 4) is 0 Å². The maximum atomic E-state index is 6.18. The van der Waals surface area contributed by atoms with Crippen molar-refractivity contribution in [3.05, 3.63) is 23.4 Å². The summed E-state index contributed by atoms with van der Waals surface area (Å²) in [7, 11) is 0. The molecule has 0 saturated heterocycles. The third-order valence-corrected chi connectivity index (χ3v) is 5.14. The van der Waals surface area contributed by atoms with Crippen molar-refractivity contribution in [3.63, 3.8) is 0 Å². The van der Waals surface area contributed by atoms with Crippen LogP contribution in [0.15, 0.2) is 23.4 Å². The highest BCUT2D eigenvalue weighted by atomic mass is 35.5. The molecule has 1 rings (SSSR count). The fourth-order valence-electron chi connectivity index (χ4n) is 3.22. The fourth-order valence-corrected chi connectivity index (χ4v) is 3.45. The van der Waals surface area contributed by atoms with Crippen LogP contribution in [0, 0.1) is 0 Å². The summed E-state index contributed by atoms with van der Waals surface area (Å²) in [6.45, 7) is 4.38. The molecule has 0 unspecified atom stereocenters. The largest absolute Gasteiger partial charge is 0.359 e. The molecule has 0 atom stereocenters. The van der Waals surface area contributed by atoms with E-state index in [0.29, 0.717) is 0 Å². The molecule has 0 bridgehead atoms. The van der Waals surface area contributed by atoms with E-state index < -0.39 is 0 Å². The Labute approximate surface area is 150 Å². The first-order chi connectivity index (χ1) is 11.3. The number of halogens is 1. The van der Waals surface area contributed by atoms with Crippen molar-refractivity contribution in [2.24, 2.45) is 0 Å².